The predicted molar refractivity (Wildman–Crippen MR) is 95.9 cm³/mol. The number of hydrogen-bond acceptors (Lipinski definition) is 5. The van der Waals surface area contributed by atoms with Crippen LogP contribution in [0.1, 0.15) is 31.7 Å². The van der Waals surface area contributed by atoms with Gasteiger partial charge in [-0.1, -0.05) is 18.2 Å². The van der Waals surface area contributed by atoms with Gasteiger partial charge >= 0.3 is 0 Å². The van der Waals surface area contributed by atoms with Crippen LogP contribution in [-0.2, 0) is 10.0 Å². The van der Waals surface area contributed by atoms with E-state index in [9.17, 15) is 8.42 Å². The van der Waals surface area contributed by atoms with Crippen molar-refractivity contribution in [3.05, 3.63) is 48.9 Å². The van der Waals surface area contributed by atoms with Crippen molar-refractivity contribution >= 4 is 20.9 Å². The molecule has 0 spiro atoms. The van der Waals surface area contributed by atoms with Gasteiger partial charge in [0.25, 0.3) is 0 Å². The monoisotopic (exact) mass is 369 g/mol. The maximum atomic E-state index is 13.5. The Bertz CT molecular complexity index is 1030. The molecule has 0 N–H and O–H groups in total. The van der Waals surface area contributed by atoms with Crippen LogP contribution >= 0.6 is 0 Å². The number of para-hydroxylation sites is 1. The SMILES string of the molecule is O=S(=O)(c1cccc2cccnc12)N1C2CCC1CC(n1nccn1)C2. The van der Waals surface area contributed by atoms with E-state index in [2.05, 4.69) is 15.2 Å². The summed E-state index contributed by atoms with van der Waals surface area (Å²) in [6.45, 7) is 0. The Morgan fingerprint density at radius 3 is 2.31 bits per heavy atom. The molecule has 2 saturated heterocycles. The smallest absolute Gasteiger partial charge is 0.245 e. The molecule has 2 fully saturated rings. The number of nitrogens with zero attached hydrogens (tertiary/aromatic N) is 5. The van der Waals surface area contributed by atoms with Gasteiger partial charge < -0.3 is 0 Å². The number of fused-ring (bicyclic) bond motifs is 3. The molecule has 26 heavy (non-hydrogen) atoms. The summed E-state index contributed by atoms with van der Waals surface area (Å²) in [5.41, 5.74) is 0.547. The highest BCUT2D eigenvalue weighted by molar-refractivity contribution is 7.89. The molecule has 0 radical (unpaired) electrons. The van der Waals surface area contributed by atoms with E-state index in [-0.39, 0.29) is 18.1 Å². The molecule has 2 aliphatic rings. The maximum absolute atomic E-state index is 13.5. The van der Waals surface area contributed by atoms with Crippen LogP contribution in [0.3, 0.4) is 0 Å². The lowest BCUT2D eigenvalue weighted by Crippen LogP contribution is -2.47. The molecule has 0 amide bonds. The van der Waals surface area contributed by atoms with Crippen LogP contribution in [0, 0.1) is 0 Å². The highest BCUT2D eigenvalue weighted by Gasteiger charge is 2.48. The van der Waals surface area contributed by atoms with Gasteiger partial charge in [-0.15, -0.1) is 0 Å². The topological polar surface area (TPSA) is 81.0 Å². The van der Waals surface area contributed by atoms with E-state index in [0.717, 1.165) is 31.1 Å². The van der Waals surface area contributed by atoms with Crippen LogP contribution in [0.5, 0.6) is 0 Å². The van der Waals surface area contributed by atoms with E-state index in [4.69, 9.17) is 0 Å². The molecule has 1 aromatic carbocycles. The summed E-state index contributed by atoms with van der Waals surface area (Å²) in [4.78, 5) is 6.38. The third kappa shape index (κ3) is 2.36. The van der Waals surface area contributed by atoms with Crippen molar-refractivity contribution in [2.45, 2.75) is 48.7 Å². The lowest BCUT2D eigenvalue weighted by atomic mass is 10.0. The summed E-state index contributed by atoms with van der Waals surface area (Å²) < 4.78 is 28.7. The number of rotatable bonds is 3. The van der Waals surface area contributed by atoms with Crippen molar-refractivity contribution in [3.8, 4) is 0 Å². The molecular weight excluding hydrogens is 350 g/mol. The highest BCUT2D eigenvalue weighted by atomic mass is 32.2. The molecular formula is C18H19N5O2S. The van der Waals surface area contributed by atoms with Gasteiger partial charge in [0.2, 0.25) is 10.0 Å². The summed E-state index contributed by atoms with van der Waals surface area (Å²) in [5.74, 6) is 0. The fourth-order valence-corrected chi connectivity index (χ4v) is 6.56. The van der Waals surface area contributed by atoms with Gasteiger partial charge in [-0.3, -0.25) is 4.98 Å². The first-order valence-electron chi connectivity index (χ1n) is 8.88. The van der Waals surface area contributed by atoms with E-state index in [0.29, 0.717) is 10.4 Å². The van der Waals surface area contributed by atoms with Crippen molar-refractivity contribution in [2.24, 2.45) is 0 Å². The summed E-state index contributed by atoms with van der Waals surface area (Å²) in [5, 5.41) is 9.34. The number of piperidine rings is 1. The number of pyridine rings is 1. The van der Waals surface area contributed by atoms with Crippen LogP contribution in [0.15, 0.2) is 53.8 Å². The maximum Gasteiger partial charge on any atom is 0.245 e. The first-order chi connectivity index (χ1) is 12.6. The van der Waals surface area contributed by atoms with Crippen molar-refractivity contribution in [1.29, 1.82) is 0 Å². The van der Waals surface area contributed by atoms with Gasteiger partial charge in [-0.05, 0) is 37.8 Å². The Morgan fingerprint density at radius 2 is 1.58 bits per heavy atom. The minimum Gasteiger partial charge on any atom is -0.255 e. The normalized spacial score (nSPS) is 26.4. The van der Waals surface area contributed by atoms with Crippen molar-refractivity contribution in [1.82, 2.24) is 24.3 Å². The minimum atomic E-state index is -3.60. The molecule has 2 unspecified atom stereocenters. The van der Waals surface area contributed by atoms with E-state index < -0.39 is 10.0 Å². The Morgan fingerprint density at radius 1 is 0.885 bits per heavy atom. The van der Waals surface area contributed by atoms with E-state index in [1.54, 1.807) is 39.8 Å². The molecule has 5 rings (SSSR count). The fourth-order valence-electron chi connectivity index (χ4n) is 4.50. The lowest BCUT2D eigenvalue weighted by Gasteiger charge is -2.37. The largest absolute Gasteiger partial charge is 0.255 e. The van der Waals surface area contributed by atoms with Crippen molar-refractivity contribution in [2.75, 3.05) is 0 Å². The molecule has 4 heterocycles. The molecule has 0 aliphatic carbocycles. The van der Waals surface area contributed by atoms with Gasteiger partial charge in [0.15, 0.2) is 0 Å². The Balaban J connectivity index is 1.53. The molecule has 0 saturated carbocycles. The van der Waals surface area contributed by atoms with Gasteiger partial charge in [-0.2, -0.15) is 19.3 Å². The second-order valence-electron chi connectivity index (χ2n) is 7.03. The van der Waals surface area contributed by atoms with Gasteiger partial charge in [0, 0.05) is 23.7 Å². The van der Waals surface area contributed by atoms with Crippen LogP contribution in [0.4, 0.5) is 0 Å². The van der Waals surface area contributed by atoms with Crippen LogP contribution < -0.4 is 0 Å². The second kappa shape index (κ2) is 5.85. The summed E-state index contributed by atoms with van der Waals surface area (Å²) in [6.07, 6.45) is 8.27. The molecule has 2 bridgehead atoms. The lowest BCUT2D eigenvalue weighted by molar-refractivity contribution is 0.174. The van der Waals surface area contributed by atoms with Gasteiger partial charge in [-0.25, -0.2) is 8.42 Å². The summed E-state index contributed by atoms with van der Waals surface area (Å²) >= 11 is 0. The van der Waals surface area contributed by atoms with Gasteiger partial charge in [0.05, 0.1) is 24.0 Å². The third-order valence-electron chi connectivity index (χ3n) is 5.56. The predicted octanol–water partition coefficient (Wildman–Crippen LogP) is 2.38. The minimum absolute atomic E-state index is 0.00582. The molecule has 2 aromatic heterocycles. The Hall–Kier alpha value is -2.32. The molecule has 134 valence electrons. The molecule has 2 aliphatic heterocycles. The van der Waals surface area contributed by atoms with E-state index in [1.165, 1.54) is 0 Å². The summed E-state index contributed by atoms with van der Waals surface area (Å²) in [7, 11) is -3.60. The quantitative estimate of drug-likeness (QED) is 0.708. The van der Waals surface area contributed by atoms with Crippen molar-refractivity contribution < 1.29 is 8.42 Å². The van der Waals surface area contributed by atoms with Crippen LogP contribution in [-0.4, -0.2) is 44.8 Å². The molecule has 2 atom stereocenters. The third-order valence-corrected chi connectivity index (χ3v) is 7.59. The Labute approximate surface area is 151 Å². The van der Waals surface area contributed by atoms with Crippen LogP contribution in [0.25, 0.3) is 10.9 Å². The number of sulfonamides is 1. The highest BCUT2D eigenvalue weighted by Crippen LogP contribution is 2.43. The van der Waals surface area contributed by atoms with Crippen LogP contribution in [0.2, 0.25) is 0 Å². The zero-order chi connectivity index (χ0) is 17.7. The average Bonchev–Trinajstić information content (AvgIpc) is 3.28. The summed E-state index contributed by atoms with van der Waals surface area (Å²) in [6, 6.07) is 9.23. The first kappa shape index (κ1) is 15.9. The standard InChI is InChI=1S/C18H19N5O2S/c24-26(25,17-5-1-3-13-4-2-8-19-18(13)17)22-14-6-7-15(22)12-16(11-14)23-20-9-10-21-23/h1-5,8-10,14-16H,6-7,11-12H2. The fraction of sp³-hybridized carbons (Fsp3) is 0.389. The molecule has 3 aromatic rings. The van der Waals surface area contributed by atoms with E-state index in [1.807, 2.05) is 18.2 Å². The average molecular weight is 369 g/mol. The zero-order valence-electron chi connectivity index (χ0n) is 14.1. The molecule has 7 nitrogen and oxygen atoms in total. The second-order valence-corrected chi connectivity index (χ2v) is 8.84. The first-order valence-corrected chi connectivity index (χ1v) is 10.3. The number of hydrogen-bond donors (Lipinski definition) is 0. The Kier molecular flexibility index (Phi) is 3.58. The van der Waals surface area contributed by atoms with Gasteiger partial charge in [0.1, 0.15) is 4.90 Å². The zero-order valence-corrected chi connectivity index (χ0v) is 15.0. The number of aromatic nitrogens is 4. The number of benzene rings is 1. The van der Waals surface area contributed by atoms with E-state index >= 15 is 0 Å². The van der Waals surface area contributed by atoms with Crippen molar-refractivity contribution in [3.63, 3.8) is 0 Å². The molecule has 8 heteroatoms.